The van der Waals surface area contributed by atoms with Crippen LogP contribution in [-0.2, 0) is 27.2 Å². The van der Waals surface area contributed by atoms with Gasteiger partial charge in [-0.1, -0.05) is 6.92 Å². The van der Waals surface area contributed by atoms with Gasteiger partial charge in [0.2, 0.25) is 5.91 Å². The minimum Gasteiger partial charge on any atom is -0.465 e. The molecule has 0 N–H and O–H groups in total. The standard InChI is InChI=1S/C19H28N2O4/c1-2-15-3-4-16(25-15)10-20-9-14-12-24-13-18(17(14)11-20)19(22)21-5-7-23-8-6-21/h3-4,14,17-18H,2,5-13H2,1H3/t14-,17-,18-/m1/s1. The van der Waals surface area contributed by atoms with Gasteiger partial charge in [-0.25, -0.2) is 0 Å². The number of hydrogen-bond acceptors (Lipinski definition) is 5. The lowest BCUT2D eigenvalue weighted by Gasteiger charge is -2.36. The zero-order chi connectivity index (χ0) is 17.2. The van der Waals surface area contributed by atoms with E-state index in [1.165, 1.54) is 0 Å². The predicted molar refractivity (Wildman–Crippen MR) is 92.1 cm³/mol. The SMILES string of the molecule is CCc1ccc(CN2C[C@@H]3COC[C@@H](C(=O)N4CCOCC4)[C@@H]3C2)o1. The number of amides is 1. The summed E-state index contributed by atoms with van der Waals surface area (Å²) in [6, 6.07) is 4.14. The lowest BCUT2D eigenvalue weighted by molar-refractivity contribution is -0.148. The summed E-state index contributed by atoms with van der Waals surface area (Å²) in [7, 11) is 0. The Morgan fingerprint density at radius 1 is 1.12 bits per heavy atom. The van der Waals surface area contributed by atoms with Gasteiger partial charge in [-0.2, -0.15) is 0 Å². The summed E-state index contributed by atoms with van der Waals surface area (Å²) in [5.74, 6) is 3.15. The topological polar surface area (TPSA) is 55.2 Å². The van der Waals surface area contributed by atoms with Gasteiger partial charge in [-0.05, 0) is 24.0 Å². The Balaban J connectivity index is 1.40. The van der Waals surface area contributed by atoms with Gasteiger partial charge in [0.15, 0.2) is 0 Å². The van der Waals surface area contributed by atoms with Crippen molar-refractivity contribution in [2.75, 3.05) is 52.6 Å². The molecule has 0 aromatic carbocycles. The van der Waals surface area contributed by atoms with Crippen LogP contribution >= 0.6 is 0 Å². The van der Waals surface area contributed by atoms with E-state index in [9.17, 15) is 4.79 Å². The summed E-state index contributed by atoms with van der Waals surface area (Å²) in [4.78, 5) is 17.3. The van der Waals surface area contributed by atoms with Crippen molar-refractivity contribution in [3.8, 4) is 0 Å². The van der Waals surface area contributed by atoms with Crippen LogP contribution in [0, 0.1) is 17.8 Å². The third-order valence-corrected chi connectivity index (χ3v) is 5.80. The van der Waals surface area contributed by atoms with Crippen molar-refractivity contribution < 1.29 is 18.7 Å². The number of morpholine rings is 1. The maximum absolute atomic E-state index is 13.0. The fraction of sp³-hybridized carbons (Fsp3) is 0.737. The van der Waals surface area contributed by atoms with E-state index in [0.717, 1.165) is 44.2 Å². The maximum Gasteiger partial charge on any atom is 0.228 e. The van der Waals surface area contributed by atoms with Crippen molar-refractivity contribution >= 4 is 5.91 Å². The first-order chi connectivity index (χ1) is 12.2. The smallest absolute Gasteiger partial charge is 0.228 e. The minimum absolute atomic E-state index is 0.00958. The molecule has 0 saturated carbocycles. The average Bonchev–Trinajstić information content (AvgIpc) is 3.27. The normalized spacial score (nSPS) is 30.4. The van der Waals surface area contributed by atoms with E-state index < -0.39 is 0 Å². The first-order valence-corrected chi connectivity index (χ1v) is 9.49. The molecule has 3 atom stereocenters. The van der Waals surface area contributed by atoms with Crippen LogP contribution in [0.25, 0.3) is 0 Å². The Bertz CT molecular complexity index is 596. The van der Waals surface area contributed by atoms with Gasteiger partial charge >= 0.3 is 0 Å². The average molecular weight is 348 g/mol. The number of ether oxygens (including phenoxy) is 2. The van der Waals surface area contributed by atoms with Gasteiger partial charge in [0.25, 0.3) is 0 Å². The summed E-state index contributed by atoms with van der Waals surface area (Å²) in [6.45, 7) is 8.92. The molecule has 0 spiro atoms. The Labute approximate surface area is 149 Å². The third-order valence-electron chi connectivity index (χ3n) is 5.80. The summed E-state index contributed by atoms with van der Waals surface area (Å²) in [6.07, 6.45) is 0.926. The van der Waals surface area contributed by atoms with E-state index in [4.69, 9.17) is 13.9 Å². The fourth-order valence-electron chi connectivity index (χ4n) is 4.41. The quantitative estimate of drug-likeness (QED) is 0.823. The van der Waals surface area contributed by atoms with Gasteiger partial charge in [-0.3, -0.25) is 9.69 Å². The number of carbonyl (C=O) groups is 1. The van der Waals surface area contributed by atoms with E-state index in [1.807, 2.05) is 4.90 Å². The zero-order valence-corrected chi connectivity index (χ0v) is 15.0. The Morgan fingerprint density at radius 2 is 1.92 bits per heavy atom. The van der Waals surface area contributed by atoms with Crippen LogP contribution in [0.2, 0.25) is 0 Å². The van der Waals surface area contributed by atoms with Crippen LogP contribution in [0.5, 0.6) is 0 Å². The highest BCUT2D eigenvalue weighted by atomic mass is 16.5. The number of aryl methyl sites for hydroxylation is 1. The predicted octanol–water partition coefficient (Wildman–Crippen LogP) is 1.40. The first-order valence-electron chi connectivity index (χ1n) is 9.49. The molecule has 138 valence electrons. The number of furan rings is 1. The Morgan fingerprint density at radius 3 is 2.68 bits per heavy atom. The van der Waals surface area contributed by atoms with Gasteiger partial charge in [0.1, 0.15) is 11.5 Å². The van der Waals surface area contributed by atoms with Crippen LogP contribution in [0.15, 0.2) is 16.5 Å². The van der Waals surface area contributed by atoms with Crippen molar-refractivity contribution in [3.63, 3.8) is 0 Å². The summed E-state index contributed by atoms with van der Waals surface area (Å²) in [5, 5.41) is 0. The van der Waals surface area contributed by atoms with Gasteiger partial charge < -0.3 is 18.8 Å². The molecule has 3 aliphatic rings. The maximum atomic E-state index is 13.0. The van der Waals surface area contributed by atoms with Gasteiger partial charge in [0, 0.05) is 32.6 Å². The lowest BCUT2D eigenvalue weighted by atomic mass is 9.82. The van der Waals surface area contributed by atoms with Crippen molar-refractivity contribution in [1.82, 2.24) is 9.80 Å². The minimum atomic E-state index is -0.00958. The molecule has 6 nitrogen and oxygen atoms in total. The molecule has 25 heavy (non-hydrogen) atoms. The molecular formula is C19H28N2O4. The number of rotatable bonds is 4. The number of likely N-dealkylation sites (tertiary alicyclic amines) is 1. The molecule has 6 heteroatoms. The summed E-state index contributed by atoms with van der Waals surface area (Å²) < 4.78 is 17.0. The van der Waals surface area contributed by atoms with Crippen LogP contribution in [-0.4, -0.2) is 68.3 Å². The van der Waals surface area contributed by atoms with E-state index in [1.54, 1.807) is 0 Å². The Hall–Kier alpha value is -1.37. The fourth-order valence-corrected chi connectivity index (χ4v) is 4.41. The highest BCUT2D eigenvalue weighted by Gasteiger charge is 2.45. The van der Waals surface area contributed by atoms with Crippen LogP contribution < -0.4 is 0 Å². The second kappa shape index (κ2) is 7.48. The van der Waals surface area contributed by atoms with E-state index in [0.29, 0.717) is 44.7 Å². The summed E-state index contributed by atoms with van der Waals surface area (Å²) in [5.41, 5.74) is 0. The second-order valence-corrected chi connectivity index (χ2v) is 7.42. The van der Waals surface area contributed by atoms with Crippen LogP contribution in [0.3, 0.4) is 0 Å². The van der Waals surface area contributed by atoms with E-state index in [-0.39, 0.29) is 11.8 Å². The number of hydrogen-bond donors (Lipinski definition) is 0. The Kier molecular flexibility index (Phi) is 5.10. The molecule has 0 unspecified atom stereocenters. The molecule has 3 saturated heterocycles. The lowest BCUT2D eigenvalue weighted by Crippen LogP contribution is -2.49. The van der Waals surface area contributed by atoms with Crippen molar-refractivity contribution in [2.45, 2.75) is 19.9 Å². The monoisotopic (exact) mass is 348 g/mol. The number of fused-ring (bicyclic) bond motifs is 1. The molecule has 0 bridgehead atoms. The first kappa shape index (κ1) is 17.1. The van der Waals surface area contributed by atoms with Crippen molar-refractivity contribution in [1.29, 1.82) is 0 Å². The molecule has 0 aliphatic carbocycles. The highest BCUT2D eigenvalue weighted by molar-refractivity contribution is 5.79. The molecule has 1 amide bonds. The zero-order valence-electron chi connectivity index (χ0n) is 15.0. The molecule has 0 radical (unpaired) electrons. The van der Waals surface area contributed by atoms with Crippen molar-refractivity contribution in [2.24, 2.45) is 17.8 Å². The van der Waals surface area contributed by atoms with Crippen LogP contribution in [0.1, 0.15) is 18.4 Å². The molecule has 1 aromatic rings. The third kappa shape index (κ3) is 3.61. The van der Waals surface area contributed by atoms with Gasteiger partial charge in [-0.15, -0.1) is 0 Å². The number of nitrogens with zero attached hydrogens (tertiary/aromatic N) is 2. The molecule has 3 fully saturated rings. The van der Waals surface area contributed by atoms with Gasteiger partial charge in [0.05, 0.1) is 38.9 Å². The second-order valence-electron chi connectivity index (χ2n) is 7.42. The van der Waals surface area contributed by atoms with Crippen LogP contribution in [0.4, 0.5) is 0 Å². The van der Waals surface area contributed by atoms with E-state index in [2.05, 4.69) is 24.0 Å². The summed E-state index contributed by atoms with van der Waals surface area (Å²) >= 11 is 0. The van der Waals surface area contributed by atoms with Crippen molar-refractivity contribution in [3.05, 3.63) is 23.7 Å². The largest absolute Gasteiger partial charge is 0.465 e. The van der Waals surface area contributed by atoms with E-state index >= 15 is 0 Å². The number of carbonyl (C=O) groups excluding carboxylic acids is 1. The molecule has 4 heterocycles. The highest BCUT2D eigenvalue weighted by Crippen LogP contribution is 2.36. The molecule has 3 aliphatic heterocycles. The molecular weight excluding hydrogens is 320 g/mol. The molecule has 1 aromatic heterocycles. The molecule has 4 rings (SSSR count).